The van der Waals surface area contributed by atoms with Gasteiger partial charge in [-0.25, -0.2) is 4.79 Å². The predicted octanol–water partition coefficient (Wildman–Crippen LogP) is 2.42. The second-order valence-electron chi connectivity index (χ2n) is 8.81. The Balaban J connectivity index is 1.61. The summed E-state index contributed by atoms with van der Waals surface area (Å²) in [4.78, 5) is 34.1. The fraction of sp³-hybridized carbons (Fsp3) is 0.636. The molecule has 0 bridgehead atoms. The Labute approximate surface area is 173 Å². The van der Waals surface area contributed by atoms with Crippen molar-refractivity contribution in [3.8, 4) is 0 Å². The van der Waals surface area contributed by atoms with Crippen LogP contribution in [0.15, 0.2) is 24.3 Å². The average molecular weight is 400 g/mol. The van der Waals surface area contributed by atoms with Crippen LogP contribution >= 0.6 is 0 Å². The number of benzene rings is 1. The molecule has 0 radical (unpaired) electrons. The molecule has 0 saturated carbocycles. The van der Waals surface area contributed by atoms with Gasteiger partial charge in [-0.1, -0.05) is 44.4 Å². The third-order valence-electron chi connectivity index (χ3n) is 6.44. The van der Waals surface area contributed by atoms with E-state index in [0.717, 1.165) is 38.0 Å². The Morgan fingerprint density at radius 1 is 1.10 bits per heavy atom. The second kappa shape index (κ2) is 7.95. The highest BCUT2D eigenvalue weighted by Gasteiger charge is 2.56. The molecule has 4 atom stereocenters. The quantitative estimate of drug-likeness (QED) is 0.771. The summed E-state index contributed by atoms with van der Waals surface area (Å²) in [5.74, 6) is 0.375. The van der Waals surface area contributed by atoms with Gasteiger partial charge in [0, 0.05) is 32.4 Å². The summed E-state index contributed by atoms with van der Waals surface area (Å²) in [6.45, 7) is 8.72. The van der Waals surface area contributed by atoms with E-state index in [-0.39, 0.29) is 30.4 Å². The van der Waals surface area contributed by atoms with E-state index in [1.54, 1.807) is 4.90 Å². The second-order valence-corrected chi connectivity index (χ2v) is 8.81. The number of nitrogens with one attached hydrogen (secondary N) is 1. The summed E-state index contributed by atoms with van der Waals surface area (Å²) < 4.78 is 0. The highest BCUT2D eigenvalue weighted by Crippen LogP contribution is 2.34. The van der Waals surface area contributed by atoms with Gasteiger partial charge in [0.05, 0.1) is 0 Å². The molecule has 3 fully saturated rings. The molecule has 4 rings (SSSR count). The maximum atomic E-state index is 13.4. The molecule has 7 nitrogen and oxygen atoms in total. The molecule has 3 aliphatic rings. The molecule has 0 aliphatic carbocycles. The zero-order valence-electron chi connectivity index (χ0n) is 18.0. The normalized spacial score (nSPS) is 30.0. The molecule has 3 amide bonds. The molecule has 4 unspecified atom stereocenters. The van der Waals surface area contributed by atoms with Gasteiger partial charge in [0.25, 0.3) is 5.91 Å². The van der Waals surface area contributed by atoms with E-state index < -0.39 is 0 Å². The number of nitrogens with zero attached hydrogens (tertiary/aromatic N) is 4. The highest BCUT2D eigenvalue weighted by molar-refractivity contribution is 6.00. The van der Waals surface area contributed by atoms with Crippen molar-refractivity contribution in [1.29, 1.82) is 0 Å². The fourth-order valence-corrected chi connectivity index (χ4v) is 4.88. The molecule has 3 saturated heterocycles. The zero-order chi connectivity index (χ0) is 20.7. The minimum atomic E-state index is -0.333. The zero-order valence-corrected chi connectivity index (χ0v) is 18.0. The van der Waals surface area contributed by atoms with Crippen molar-refractivity contribution in [3.05, 3.63) is 29.8 Å². The van der Waals surface area contributed by atoms with Crippen molar-refractivity contribution in [2.75, 3.05) is 31.6 Å². The topological polar surface area (TPSA) is 59.1 Å². The molecular weight excluding hydrogens is 366 g/mol. The largest absolute Gasteiger partial charge is 0.343 e. The molecule has 0 aromatic heterocycles. The number of carbonyl (C=O) groups is 2. The SMILES string of the molecule is CCCCCN1C(=O)C2C(NC3N(c4ccc(C)cc4)CC(C)CN23)N(C)C1=O. The van der Waals surface area contributed by atoms with Crippen molar-refractivity contribution < 1.29 is 9.59 Å². The Kier molecular flexibility index (Phi) is 5.53. The van der Waals surface area contributed by atoms with Crippen LogP contribution in [0, 0.1) is 12.8 Å². The number of urea groups is 1. The lowest BCUT2D eigenvalue weighted by atomic mass is 10.0. The van der Waals surface area contributed by atoms with Crippen molar-refractivity contribution in [2.24, 2.45) is 5.92 Å². The summed E-state index contributed by atoms with van der Waals surface area (Å²) in [5, 5.41) is 3.59. The third-order valence-corrected chi connectivity index (χ3v) is 6.44. The van der Waals surface area contributed by atoms with E-state index in [2.05, 4.69) is 60.2 Å². The van der Waals surface area contributed by atoms with Crippen LogP contribution in [0.25, 0.3) is 0 Å². The van der Waals surface area contributed by atoms with Crippen LogP contribution in [0.2, 0.25) is 0 Å². The van der Waals surface area contributed by atoms with Crippen LogP contribution in [0.5, 0.6) is 0 Å². The van der Waals surface area contributed by atoms with Crippen LogP contribution in [0.1, 0.15) is 38.7 Å². The van der Waals surface area contributed by atoms with E-state index in [0.29, 0.717) is 12.5 Å². The monoisotopic (exact) mass is 399 g/mol. The van der Waals surface area contributed by atoms with E-state index in [1.165, 1.54) is 10.5 Å². The lowest BCUT2D eigenvalue weighted by Gasteiger charge is -2.46. The van der Waals surface area contributed by atoms with Crippen molar-refractivity contribution in [1.82, 2.24) is 20.0 Å². The first-order valence-corrected chi connectivity index (χ1v) is 10.9. The van der Waals surface area contributed by atoms with Gasteiger partial charge >= 0.3 is 6.03 Å². The van der Waals surface area contributed by atoms with Gasteiger partial charge in [-0.2, -0.15) is 0 Å². The summed E-state index contributed by atoms with van der Waals surface area (Å²) in [7, 11) is 1.81. The standard InChI is InChI=1S/C22H33N5O2/c1-5-6-7-12-25-20(28)18-19(24(4)22(25)29)23-21-26(13-16(3)14-27(18)21)17-10-8-15(2)9-11-17/h8-11,16,18-19,21,23H,5-7,12-14H2,1-4H3. The molecule has 1 aromatic rings. The maximum absolute atomic E-state index is 13.4. The lowest BCUT2D eigenvalue weighted by Crippen LogP contribution is -2.66. The number of unbranched alkanes of at least 4 members (excludes halogenated alkanes) is 2. The van der Waals surface area contributed by atoms with Gasteiger partial charge in [0.2, 0.25) is 0 Å². The van der Waals surface area contributed by atoms with Crippen LogP contribution in [-0.4, -0.2) is 71.8 Å². The van der Waals surface area contributed by atoms with E-state index in [9.17, 15) is 9.59 Å². The summed E-state index contributed by atoms with van der Waals surface area (Å²) in [5.41, 5.74) is 2.37. The van der Waals surface area contributed by atoms with Crippen LogP contribution in [0.3, 0.4) is 0 Å². The maximum Gasteiger partial charge on any atom is 0.327 e. The van der Waals surface area contributed by atoms with E-state index in [1.807, 2.05) is 7.05 Å². The number of imide groups is 1. The predicted molar refractivity (Wildman–Crippen MR) is 113 cm³/mol. The molecule has 29 heavy (non-hydrogen) atoms. The minimum absolute atomic E-state index is 0.0536. The number of aryl methyl sites for hydroxylation is 1. The first kappa shape index (κ1) is 20.2. The van der Waals surface area contributed by atoms with Crippen LogP contribution in [0.4, 0.5) is 10.5 Å². The van der Waals surface area contributed by atoms with Gasteiger partial charge in [-0.15, -0.1) is 0 Å². The summed E-state index contributed by atoms with van der Waals surface area (Å²) in [6, 6.07) is 8.01. The third kappa shape index (κ3) is 3.51. The molecule has 3 aliphatic heterocycles. The van der Waals surface area contributed by atoms with Crippen LogP contribution in [-0.2, 0) is 4.79 Å². The molecular formula is C22H33N5O2. The summed E-state index contributed by atoms with van der Waals surface area (Å²) in [6.07, 6.45) is 2.58. The number of fused-ring (bicyclic) bond motifs is 3. The van der Waals surface area contributed by atoms with Gasteiger partial charge in [0.15, 0.2) is 0 Å². The van der Waals surface area contributed by atoms with Gasteiger partial charge < -0.3 is 9.80 Å². The number of likely N-dealkylation sites (N-methyl/N-ethyl adjacent to an activating group) is 1. The van der Waals surface area contributed by atoms with Gasteiger partial charge in [-0.3, -0.25) is 19.9 Å². The molecule has 0 spiro atoms. The van der Waals surface area contributed by atoms with Crippen molar-refractivity contribution in [2.45, 2.75) is 58.5 Å². The molecule has 1 aromatic carbocycles. The van der Waals surface area contributed by atoms with Crippen LogP contribution < -0.4 is 10.2 Å². The number of hydrogen-bond acceptors (Lipinski definition) is 5. The fourth-order valence-electron chi connectivity index (χ4n) is 4.88. The van der Waals surface area contributed by atoms with Crippen molar-refractivity contribution in [3.63, 3.8) is 0 Å². The number of anilines is 1. The smallest absolute Gasteiger partial charge is 0.327 e. The summed E-state index contributed by atoms with van der Waals surface area (Å²) >= 11 is 0. The minimum Gasteiger partial charge on any atom is -0.343 e. The average Bonchev–Trinajstić information content (AvgIpc) is 3.08. The number of carbonyl (C=O) groups excluding carboxylic acids is 2. The molecule has 158 valence electrons. The lowest BCUT2D eigenvalue weighted by molar-refractivity contribution is -0.138. The highest BCUT2D eigenvalue weighted by atomic mass is 16.2. The Bertz CT molecular complexity index is 767. The number of rotatable bonds is 5. The van der Waals surface area contributed by atoms with E-state index >= 15 is 0 Å². The number of hydrogen-bond donors (Lipinski definition) is 1. The Morgan fingerprint density at radius 2 is 1.83 bits per heavy atom. The first-order valence-electron chi connectivity index (χ1n) is 10.9. The van der Waals surface area contributed by atoms with E-state index in [4.69, 9.17) is 0 Å². The van der Waals surface area contributed by atoms with Crippen molar-refractivity contribution >= 4 is 17.6 Å². The number of amides is 3. The Morgan fingerprint density at radius 3 is 2.52 bits per heavy atom. The van der Waals surface area contributed by atoms with Gasteiger partial charge in [-0.05, 0) is 31.4 Å². The van der Waals surface area contributed by atoms with Gasteiger partial charge in [0.1, 0.15) is 18.5 Å². The molecule has 3 heterocycles. The molecule has 1 N–H and O–H groups in total. The molecule has 7 heteroatoms. The first-order chi connectivity index (χ1) is 13.9. The Hall–Kier alpha value is -2.12.